The molecule has 0 aliphatic heterocycles. The van der Waals surface area contributed by atoms with E-state index in [2.05, 4.69) is 146 Å². The minimum Gasteiger partial charge on any atom is -0.253 e. The summed E-state index contributed by atoms with van der Waals surface area (Å²) in [5.74, 6) is 3.47. The SMILES string of the molecule is C[Si](C)(C)C#Cc1ccccc1N=P(c1ccccc1)(c1ccccc1)c1ccccc1. The van der Waals surface area contributed by atoms with Gasteiger partial charge >= 0.3 is 0 Å². The molecule has 3 heteroatoms. The predicted molar refractivity (Wildman–Crippen MR) is 144 cm³/mol. The molecular formula is C29H28NPSi. The van der Waals surface area contributed by atoms with E-state index in [-0.39, 0.29) is 0 Å². The van der Waals surface area contributed by atoms with Gasteiger partial charge in [0.05, 0.1) is 12.7 Å². The largest absolute Gasteiger partial charge is 0.253 e. The molecule has 0 saturated heterocycles. The molecule has 0 unspecified atom stereocenters. The van der Waals surface area contributed by atoms with E-state index < -0.39 is 15.1 Å². The average Bonchev–Trinajstić information content (AvgIpc) is 2.83. The molecule has 0 spiro atoms. The van der Waals surface area contributed by atoms with Crippen molar-refractivity contribution in [2.75, 3.05) is 0 Å². The van der Waals surface area contributed by atoms with Crippen molar-refractivity contribution in [3.8, 4) is 11.5 Å². The Bertz CT molecular complexity index is 1190. The van der Waals surface area contributed by atoms with Gasteiger partial charge in [-0.15, -0.1) is 5.54 Å². The lowest BCUT2D eigenvalue weighted by Gasteiger charge is -2.27. The highest BCUT2D eigenvalue weighted by atomic mass is 31.2. The van der Waals surface area contributed by atoms with E-state index in [9.17, 15) is 0 Å². The summed E-state index contributed by atoms with van der Waals surface area (Å²) in [6.07, 6.45) is 0. The van der Waals surface area contributed by atoms with E-state index in [1.165, 1.54) is 15.9 Å². The van der Waals surface area contributed by atoms with Crippen molar-refractivity contribution < 1.29 is 0 Å². The molecule has 0 N–H and O–H groups in total. The number of nitrogens with zero attached hydrogens (tertiary/aromatic N) is 1. The normalized spacial score (nSPS) is 11.3. The maximum atomic E-state index is 5.63. The Hall–Kier alpha value is -3.11. The van der Waals surface area contributed by atoms with Gasteiger partial charge in [0, 0.05) is 21.5 Å². The van der Waals surface area contributed by atoms with Crippen LogP contribution in [0.2, 0.25) is 19.6 Å². The Kier molecular flexibility index (Phi) is 6.61. The second-order valence-electron chi connectivity index (χ2n) is 8.76. The standard InChI is InChI=1S/C29H28NPSi/c1-32(2,3)24-23-25-15-13-14-22-29(25)30-31(26-16-7-4-8-17-26,27-18-9-5-10-19-27)28-20-11-6-12-21-28/h4-22H,1-3H3. The van der Waals surface area contributed by atoms with Crippen molar-refractivity contribution >= 4 is 36.7 Å². The topological polar surface area (TPSA) is 12.4 Å². The van der Waals surface area contributed by atoms with Crippen LogP contribution in [-0.2, 0) is 0 Å². The van der Waals surface area contributed by atoms with Gasteiger partial charge in [-0.3, -0.25) is 4.74 Å². The van der Waals surface area contributed by atoms with E-state index in [1.54, 1.807) is 0 Å². The molecule has 0 fully saturated rings. The highest BCUT2D eigenvalue weighted by Crippen LogP contribution is 2.49. The van der Waals surface area contributed by atoms with Crippen LogP contribution < -0.4 is 15.9 Å². The first kappa shape index (κ1) is 22.1. The van der Waals surface area contributed by atoms with Gasteiger partial charge in [-0.25, -0.2) is 0 Å². The summed E-state index contributed by atoms with van der Waals surface area (Å²) in [7, 11) is -3.80. The number of hydrogen-bond donors (Lipinski definition) is 0. The highest BCUT2D eigenvalue weighted by Gasteiger charge is 2.27. The highest BCUT2D eigenvalue weighted by molar-refractivity contribution is 7.87. The third kappa shape index (κ3) is 4.86. The molecule has 0 radical (unpaired) electrons. The van der Waals surface area contributed by atoms with Crippen LogP contribution in [-0.4, -0.2) is 8.07 Å². The summed E-state index contributed by atoms with van der Waals surface area (Å²) in [6, 6.07) is 40.5. The lowest BCUT2D eigenvalue weighted by atomic mass is 10.2. The van der Waals surface area contributed by atoms with Crippen molar-refractivity contribution in [1.82, 2.24) is 0 Å². The van der Waals surface area contributed by atoms with Gasteiger partial charge in [-0.2, -0.15) is 0 Å². The van der Waals surface area contributed by atoms with Gasteiger partial charge < -0.3 is 0 Å². The maximum absolute atomic E-state index is 5.63. The van der Waals surface area contributed by atoms with Crippen LogP contribution in [0.15, 0.2) is 120 Å². The van der Waals surface area contributed by atoms with Crippen LogP contribution in [0.4, 0.5) is 5.69 Å². The molecule has 158 valence electrons. The molecule has 32 heavy (non-hydrogen) atoms. The lowest BCUT2D eigenvalue weighted by molar-refractivity contribution is 1.51. The van der Waals surface area contributed by atoms with E-state index >= 15 is 0 Å². The van der Waals surface area contributed by atoms with Crippen molar-refractivity contribution in [3.63, 3.8) is 0 Å². The van der Waals surface area contributed by atoms with E-state index in [1.807, 2.05) is 0 Å². The van der Waals surface area contributed by atoms with Crippen LogP contribution >= 0.6 is 7.05 Å². The fourth-order valence-electron chi connectivity index (χ4n) is 3.63. The Morgan fingerprint density at radius 2 is 0.969 bits per heavy atom. The molecule has 0 amide bonds. The molecule has 0 saturated carbocycles. The van der Waals surface area contributed by atoms with Gasteiger partial charge in [-0.1, -0.05) is 129 Å². The van der Waals surface area contributed by atoms with Crippen LogP contribution in [0.1, 0.15) is 5.56 Å². The summed E-state index contributed by atoms with van der Waals surface area (Å²) in [5, 5.41) is 3.72. The maximum Gasteiger partial charge on any atom is 0.129 e. The van der Waals surface area contributed by atoms with E-state index in [4.69, 9.17) is 4.74 Å². The Morgan fingerprint density at radius 1 is 0.562 bits per heavy atom. The molecule has 0 bridgehead atoms. The third-order valence-corrected chi connectivity index (χ3v) is 9.65. The fourth-order valence-corrected chi connectivity index (χ4v) is 7.69. The monoisotopic (exact) mass is 449 g/mol. The van der Waals surface area contributed by atoms with Gasteiger partial charge in [0.15, 0.2) is 0 Å². The molecule has 0 aliphatic carbocycles. The van der Waals surface area contributed by atoms with E-state index in [0.717, 1.165) is 11.3 Å². The average molecular weight is 450 g/mol. The molecule has 0 heterocycles. The molecule has 1 nitrogen and oxygen atoms in total. The molecule has 0 aromatic heterocycles. The van der Waals surface area contributed by atoms with Gasteiger partial charge in [0.25, 0.3) is 0 Å². The first-order chi connectivity index (χ1) is 15.5. The predicted octanol–water partition coefficient (Wildman–Crippen LogP) is 6.72. The summed E-state index contributed by atoms with van der Waals surface area (Å²) >= 11 is 0. The minimum absolute atomic E-state index is 0.961. The molecule has 4 aromatic rings. The fraction of sp³-hybridized carbons (Fsp3) is 0.103. The first-order valence-electron chi connectivity index (χ1n) is 10.9. The number of rotatable bonds is 4. The zero-order chi connectivity index (χ0) is 22.4. The van der Waals surface area contributed by atoms with Crippen molar-refractivity contribution in [1.29, 1.82) is 0 Å². The molecule has 4 rings (SSSR count). The first-order valence-corrected chi connectivity index (χ1v) is 16.1. The zero-order valence-electron chi connectivity index (χ0n) is 18.9. The van der Waals surface area contributed by atoms with E-state index in [0.29, 0.717) is 0 Å². The number of hydrogen-bond acceptors (Lipinski definition) is 1. The van der Waals surface area contributed by atoms with Crippen LogP contribution in [0.5, 0.6) is 0 Å². The quantitative estimate of drug-likeness (QED) is 0.186. The summed E-state index contributed by atoms with van der Waals surface area (Å²) in [4.78, 5) is 0. The van der Waals surface area contributed by atoms with Gasteiger partial charge in [0.2, 0.25) is 0 Å². The Morgan fingerprint density at radius 3 is 1.41 bits per heavy atom. The smallest absolute Gasteiger partial charge is 0.129 e. The van der Waals surface area contributed by atoms with Gasteiger partial charge in [0.1, 0.15) is 8.07 Å². The minimum atomic E-state index is -2.30. The second-order valence-corrected chi connectivity index (χ2v) is 16.5. The third-order valence-electron chi connectivity index (χ3n) is 5.12. The molecule has 4 aromatic carbocycles. The molecular weight excluding hydrogens is 421 g/mol. The summed E-state index contributed by atoms with van der Waals surface area (Å²) in [5.41, 5.74) is 5.49. The summed E-state index contributed by atoms with van der Waals surface area (Å²) < 4.78 is 5.63. The number of benzene rings is 4. The Labute approximate surface area is 193 Å². The Balaban J connectivity index is 2.11. The lowest BCUT2D eigenvalue weighted by Crippen LogP contribution is -2.25. The van der Waals surface area contributed by atoms with Gasteiger partial charge in [-0.05, 0) is 12.1 Å². The van der Waals surface area contributed by atoms with Crippen LogP contribution in [0.3, 0.4) is 0 Å². The second kappa shape index (κ2) is 9.57. The van der Waals surface area contributed by atoms with Crippen LogP contribution in [0.25, 0.3) is 0 Å². The van der Waals surface area contributed by atoms with Crippen LogP contribution in [0, 0.1) is 11.5 Å². The van der Waals surface area contributed by atoms with Crippen molar-refractivity contribution in [3.05, 3.63) is 121 Å². The zero-order valence-corrected chi connectivity index (χ0v) is 20.8. The van der Waals surface area contributed by atoms with Crippen molar-refractivity contribution in [2.24, 2.45) is 4.74 Å². The molecule has 0 atom stereocenters. The summed E-state index contributed by atoms with van der Waals surface area (Å²) in [6.45, 7) is 6.82. The van der Waals surface area contributed by atoms with Crippen molar-refractivity contribution in [2.45, 2.75) is 19.6 Å². The molecule has 0 aliphatic rings.